The molecule has 1 aromatic carbocycles. The van der Waals surface area contributed by atoms with Crippen LogP contribution in [0.1, 0.15) is 18.4 Å². The number of rotatable bonds is 3. The summed E-state index contributed by atoms with van der Waals surface area (Å²) in [4.78, 5) is -0.355. The van der Waals surface area contributed by atoms with Crippen LogP contribution in [0.25, 0.3) is 0 Å². The van der Waals surface area contributed by atoms with Crippen LogP contribution in [0.5, 0.6) is 0 Å². The standard InChI is InChI=1S/C13H19FN2O3S/c1-9-6-10(15)7-12(13(9)14)20(17,18)16-5-3-4-11(8-16)19-2/h6-7,11H,3-5,8,15H2,1-2H3. The first kappa shape index (κ1) is 15.2. The number of nitrogens with two attached hydrogens (primary N) is 1. The number of nitrogens with zero attached hydrogens (tertiary/aromatic N) is 1. The number of aryl methyl sites for hydroxylation is 1. The van der Waals surface area contributed by atoms with Gasteiger partial charge in [-0.2, -0.15) is 4.31 Å². The second-order valence-electron chi connectivity index (χ2n) is 5.01. The molecule has 0 aliphatic carbocycles. The van der Waals surface area contributed by atoms with E-state index >= 15 is 0 Å². The first-order valence-corrected chi connectivity index (χ1v) is 7.89. The van der Waals surface area contributed by atoms with Gasteiger partial charge in [-0.1, -0.05) is 0 Å². The van der Waals surface area contributed by atoms with Crippen LogP contribution in [0.3, 0.4) is 0 Å². The van der Waals surface area contributed by atoms with Crippen LogP contribution >= 0.6 is 0 Å². The summed E-state index contributed by atoms with van der Waals surface area (Å²) < 4.78 is 45.7. The molecule has 0 spiro atoms. The van der Waals surface area contributed by atoms with E-state index in [9.17, 15) is 12.8 Å². The Bertz CT molecular complexity index is 604. The minimum atomic E-state index is -3.88. The number of hydrogen-bond acceptors (Lipinski definition) is 4. The molecule has 0 saturated carbocycles. The van der Waals surface area contributed by atoms with E-state index < -0.39 is 15.8 Å². The predicted octanol–water partition coefficient (Wildman–Crippen LogP) is 1.52. The number of halogens is 1. The molecule has 0 amide bonds. The number of sulfonamides is 1. The van der Waals surface area contributed by atoms with Crippen molar-refractivity contribution >= 4 is 15.7 Å². The minimum Gasteiger partial charge on any atom is -0.399 e. The van der Waals surface area contributed by atoms with Gasteiger partial charge in [0.15, 0.2) is 0 Å². The van der Waals surface area contributed by atoms with Gasteiger partial charge in [0, 0.05) is 25.9 Å². The lowest BCUT2D eigenvalue weighted by Gasteiger charge is -2.31. The summed E-state index contributed by atoms with van der Waals surface area (Å²) in [5, 5.41) is 0. The van der Waals surface area contributed by atoms with Crippen molar-refractivity contribution in [1.82, 2.24) is 4.31 Å². The van der Waals surface area contributed by atoms with E-state index in [1.807, 2.05) is 0 Å². The van der Waals surface area contributed by atoms with Gasteiger partial charge in [0.25, 0.3) is 0 Å². The third-order valence-corrected chi connectivity index (χ3v) is 5.40. The van der Waals surface area contributed by atoms with Crippen molar-refractivity contribution in [2.75, 3.05) is 25.9 Å². The Labute approximate surface area is 118 Å². The Balaban J connectivity index is 2.40. The SMILES string of the molecule is COC1CCCN(S(=O)(=O)c2cc(N)cc(C)c2F)C1. The largest absolute Gasteiger partial charge is 0.399 e. The second-order valence-corrected chi connectivity index (χ2v) is 6.92. The monoisotopic (exact) mass is 302 g/mol. The zero-order valence-electron chi connectivity index (χ0n) is 11.6. The van der Waals surface area contributed by atoms with E-state index in [1.165, 1.54) is 23.4 Å². The molecular formula is C13H19FN2O3S. The van der Waals surface area contributed by atoms with Crippen molar-refractivity contribution < 1.29 is 17.5 Å². The van der Waals surface area contributed by atoms with E-state index in [1.54, 1.807) is 7.11 Å². The van der Waals surface area contributed by atoms with Crippen molar-refractivity contribution in [2.24, 2.45) is 0 Å². The molecule has 20 heavy (non-hydrogen) atoms. The first-order valence-electron chi connectivity index (χ1n) is 6.45. The number of methoxy groups -OCH3 is 1. The number of anilines is 1. The molecule has 7 heteroatoms. The van der Waals surface area contributed by atoms with Crippen molar-refractivity contribution in [3.63, 3.8) is 0 Å². The highest BCUT2D eigenvalue weighted by atomic mass is 32.2. The Morgan fingerprint density at radius 3 is 2.80 bits per heavy atom. The Kier molecular flexibility index (Phi) is 4.31. The molecule has 1 aliphatic heterocycles. The molecule has 112 valence electrons. The summed E-state index contributed by atoms with van der Waals surface area (Å²) in [5.41, 5.74) is 6.10. The number of hydrogen-bond donors (Lipinski definition) is 1. The maximum atomic E-state index is 14.1. The van der Waals surface area contributed by atoms with Gasteiger partial charge in [-0.05, 0) is 37.5 Å². The molecule has 1 unspecified atom stereocenters. The fraction of sp³-hybridized carbons (Fsp3) is 0.538. The Hall–Kier alpha value is -1.18. The predicted molar refractivity (Wildman–Crippen MR) is 74.3 cm³/mol. The molecule has 1 heterocycles. The average Bonchev–Trinajstić information content (AvgIpc) is 2.42. The fourth-order valence-corrected chi connectivity index (χ4v) is 4.09. The van der Waals surface area contributed by atoms with Gasteiger partial charge in [-0.25, -0.2) is 12.8 Å². The van der Waals surface area contributed by atoms with Crippen LogP contribution in [0.4, 0.5) is 10.1 Å². The summed E-state index contributed by atoms with van der Waals surface area (Å²) in [5.74, 6) is -0.737. The van der Waals surface area contributed by atoms with Gasteiger partial charge in [0.05, 0.1) is 6.10 Å². The molecule has 2 rings (SSSR count). The van der Waals surface area contributed by atoms with Gasteiger partial charge in [0.1, 0.15) is 10.7 Å². The molecule has 1 saturated heterocycles. The molecular weight excluding hydrogens is 283 g/mol. The minimum absolute atomic E-state index is 0.149. The number of piperidine rings is 1. The third-order valence-electron chi connectivity index (χ3n) is 3.54. The summed E-state index contributed by atoms with van der Waals surface area (Å²) in [6.07, 6.45) is 1.35. The summed E-state index contributed by atoms with van der Waals surface area (Å²) >= 11 is 0. The number of nitrogen functional groups attached to an aromatic ring is 1. The van der Waals surface area contributed by atoms with Crippen molar-refractivity contribution in [3.8, 4) is 0 Å². The highest BCUT2D eigenvalue weighted by Gasteiger charge is 2.32. The lowest BCUT2D eigenvalue weighted by atomic mass is 10.1. The maximum absolute atomic E-state index is 14.1. The van der Waals surface area contributed by atoms with Crippen LogP contribution in [0.2, 0.25) is 0 Å². The van der Waals surface area contributed by atoms with E-state index in [0.717, 1.165) is 6.42 Å². The van der Waals surface area contributed by atoms with Gasteiger partial charge < -0.3 is 10.5 Å². The average molecular weight is 302 g/mol. The zero-order valence-corrected chi connectivity index (χ0v) is 12.4. The Morgan fingerprint density at radius 1 is 1.45 bits per heavy atom. The van der Waals surface area contributed by atoms with Crippen LogP contribution in [-0.2, 0) is 14.8 Å². The van der Waals surface area contributed by atoms with Crippen molar-refractivity contribution in [1.29, 1.82) is 0 Å². The molecule has 2 N–H and O–H groups in total. The van der Waals surface area contributed by atoms with Gasteiger partial charge in [-0.3, -0.25) is 0 Å². The topological polar surface area (TPSA) is 72.6 Å². The molecule has 1 fully saturated rings. The van der Waals surface area contributed by atoms with Crippen molar-refractivity contribution in [2.45, 2.75) is 30.8 Å². The molecule has 0 radical (unpaired) electrons. The van der Waals surface area contributed by atoms with E-state index in [2.05, 4.69) is 0 Å². The normalized spacial score (nSPS) is 21.1. The number of benzene rings is 1. The lowest BCUT2D eigenvalue weighted by molar-refractivity contribution is 0.0571. The summed E-state index contributed by atoms with van der Waals surface area (Å²) in [6, 6.07) is 2.59. The van der Waals surface area contributed by atoms with E-state index in [0.29, 0.717) is 13.0 Å². The lowest BCUT2D eigenvalue weighted by Crippen LogP contribution is -2.43. The molecule has 5 nitrogen and oxygen atoms in total. The van der Waals surface area contributed by atoms with Crippen LogP contribution in [0, 0.1) is 12.7 Å². The molecule has 1 aromatic rings. The van der Waals surface area contributed by atoms with E-state index in [4.69, 9.17) is 10.5 Å². The third kappa shape index (κ3) is 2.79. The van der Waals surface area contributed by atoms with Crippen LogP contribution in [0.15, 0.2) is 17.0 Å². The maximum Gasteiger partial charge on any atom is 0.246 e. The summed E-state index contributed by atoms with van der Waals surface area (Å²) in [6.45, 7) is 2.11. The highest BCUT2D eigenvalue weighted by Crippen LogP contribution is 2.27. The van der Waals surface area contributed by atoms with Gasteiger partial charge in [-0.15, -0.1) is 0 Å². The Morgan fingerprint density at radius 2 is 2.15 bits per heavy atom. The molecule has 0 bridgehead atoms. The smallest absolute Gasteiger partial charge is 0.246 e. The van der Waals surface area contributed by atoms with Crippen LogP contribution in [-0.4, -0.2) is 39.0 Å². The van der Waals surface area contributed by atoms with Crippen LogP contribution < -0.4 is 5.73 Å². The van der Waals surface area contributed by atoms with Gasteiger partial charge >= 0.3 is 0 Å². The van der Waals surface area contributed by atoms with Gasteiger partial charge in [0.2, 0.25) is 10.0 Å². The fourth-order valence-electron chi connectivity index (χ4n) is 2.41. The van der Waals surface area contributed by atoms with E-state index in [-0.39, 0.29) is 28.8 Å². The summed E-state index contributed by atoms with van der Waals surface area (Å²) in [7, 11) is -2.33. The molecule has 1 aliphatic rings. The first-order chi connectivity index (χ1) is 9.36. The zero-order chi connectivity index (χ0) is 14.9. The molecule has 0 aromatic heterocycles. The van der Waals surface area contributed by atoms with Crippen molar-refractivity contribution in [3.05, 3.63) is 23.5 Å². The highest BCUT2D eigenvalue weighted by molar-refractivity contribution is 7.89. The second kappa shape index (κ2) is 5.67. The quantitative estimate of drug-likeness (QED) is 0.859. The number of ether oxygens (including phenoxy) is 1. The molecule has 1 atom stereocenters.